The Balaban J connectivity index is 1.93. The van der Waals surface area contributed by atoms with Crippen molar-refractivity contribution >= 4 is 26.7 Å². The lowest BCUT2D eigenvalue weighted by molar-refractivity contribution is 0.597. The molecule has 0 radical (unpaired) electrons. The van der Waals surface area contributed by atoms with Crippen molar-refractivity contribution in [3.63, 3.8) is 0 Å². The predicted octanol–water partition coefficient (Wildman–Crippen LogP) is 1.71. The number of primary sulfonamides is 1. The molecular weight excluding hydrogens is 352 g/mol. The summed E-state index contributed by atoms with van der Waals surface area (Å²) in [6.07, 6.45) is 6.61. The van der Waals surface area contributed by atoms with Crippen LogP contribution in [0.3, 0.4) is 0 Å². The van der Waals surface area contributed by atoms with E-state index in [1.54, 1.807) is 47.7 Å². The van der Waals surface area contributed by atoms with Crippen LogP contribution in [0.25, 0.3) is 27.8 Å². The monoisotopic (exact) mass is 366 g/mol. The molecule has 4 rings (SSSR count). The fraction of sp³-hybridized carbons (Fsp3) is 0. The average molecular weight is 366 g/mol. The number of aromatic nitrogens is 4. The first-order chi connectivity index (χ1) is 12.4. The highest BCUT2D eigenvalue weighted by Crippen LogP contribution is 2.31. The Kier molecular flexibility index (Phi) is 3.67. The van der Waals surface area contributed by atoms with E-state index in [0.29, 0.717) is 17.0 Å². The Bertz CT molecular complexity index is 1230. The van der Waals surface area contributed by atoms with Crippen molar-refractivity contribution in [3.05, 3.63) is 61.2 Å². The minimum atomic E-state index is -3.81. The summed E-state index contributed by atoms with van der Waals surface area (Å²) in [5.41, 5.74) is 9.38. The first-order valence-corrected chi connectivity index (χ1v) is 9.15. The molecule has 0 amide bonds. The summed E-state index contributed by atoms with van der Waals surface area (Å²) < 4.78 is 24.8. The van der Waals surface area contributed by atoms with E-state index in [4.69, 9.17) is 10.9 Å². The molecule has 0 aliphatic rings. The van der Waals surface area contributed by atoms with Crippen LogP contribution in [0.1, 0.15) is 0 Å². The fourth-order valence-electron chi connectivity index (χ4n) is 2.77. The summed E-state index contributed by atoms with van der Waals surface area (Å²) in [5, 5.41) is 10.3. The summed E-state index contributed by atoms with van der Waals surface area (Å²) >= 11 is 0. The lowest BCUT2D eigenvalue weighted by Gasteiger charge is -2.07. The molecule has 0 bridgehead atoms. The molecule has 8 nitrogen and oxygen atoms in total. The zero-order valence-corrected chi connectivity index (χ0v) is 14.3. The largest absolute Gasteiger partial charge is 0.398 e. The topological polar surface area (TPSA) is 130 Å². The third-order valence-electron chi connectivity index (χ3n) is 4.01. The molecule has 1 aromatic carbocycles. The van der Waals surface area contributed by atoms with E-state index < -0.39 is 10.0 Å². The molecule has 0 spiro atoms. The minimum absolute atomic E-state index is 0.00584. The van der Waals surface area contributed by atoms with Crippen molar-refractivity contribution in [2.75, 3.05) is 5.73 Å². The second-order valence-corrected chi connectivity index (χ2v) is 7.22. The van der Waals surface area contributed by atoms with Gasteiger partial charge in [0.1, 0.15) is 0 Å². The zero-order chi connectivity index (χ0) is 18.3. The number of nitrogen functional groups attached to an aromatic ring is 1. The maximum atomic E-state index is 11.6. The molecule has 4 N–H and O–H groups in total. The molecule has 0 saturated heterocycles. The van der Waals surface area contributed by atoms with Crippen LogP contribution in [0.2, 0.25) is 0 Å². The van der Waals surface area contributed by atoms with E-state index in [9.17, 15) is 8.42 Å². The number of rotatable bonds is 3. The fourth-order valence-corrected chi connectivity index (χ4v) is 3.33. The Morgan fingerprint density at radius 1 is 1.00 bits per heavy atom. The van der Waals surface area contributed by atoms with Gasteiger partial charge in [0, 0.05) is 35.2 Å². The van der Waals surface area contributed by atoms with E-state index in [2.05, 4.69) is 15.1 Å². The minimum Gasteiger partial charge on any atom is -0.398 e. The van der Waals surface area contributed by atoms with Gasteiger partial charge in [-0.15, -0.1) is 0 Å². The van der Waals surface area contributed by atoms with Gasteiger partial charge >= 0.3 is 0 Å². The molecule has 0 aliphatic heterocycles. The number of hydrogen-bond acceptors (Lipinski definition) is 6. The molecule has 3 aromatic heterocycles. The number of sulfonamides is 1. The Morgan fingerprint density at radius 3 is 2.62 bits per heavy atom. The van der Waals surface area contributed by atoms with Crippen LogP contribution in [0.4, 0.5) is 5.69 Å². The van der Waals surface area contributed by atoms with Gasteiger partial charge in [0.25, 0.3) is 0 Å². The molecular formula is C17H14N6O2S. The normalized spacial score (nSPS) is 11.7. The average Bonchev–Trinajstić information content (AvgIpc) is 3.06. The van der Waals surface area contributed by atoms with Crippen molar-refractivity contribution < 1.29 is 8.42 Å². The molecule has 0 atom stereocenters. The van der Waals surface area contributed by atoms with Gasteiger partial charge in [-0.2, -0.15) is 5.10 Å². The standard InChI is InChI=1S/C17H14N6O2S/c18-16-5-6-20-9-14(16)13-4-7-21-17-15(13)10-22-23(17)11-2-1-3-12(8-11)26(19,24)25/h1-10H,(H2,18,20)(H2,19,24,25). The van der Waals surface area contributed by atoms with Gasteiger partial charge in [0.15, 0.2) is 5.65 Å². The van der Waals surface area contributed by atoms with Crippen LogP contribution in [-0.2, 0) is 10.0 Å². The van der Waals surface area contributed by atoms with E-state index in [0.717, 1.165) is 16.5 Å². The van der Waals surface area contributed by atoms with Crippen molar-refractivity contribution in [2.24, 2.45) is 5.14 Å². The Morgan fingerprint density at radius 2 is 1.85 bits per heavy atom. The quantitative estimate of drug-likeness (QED) is 0.568. The van der Waals surface area contributed by atoms with Crippen LogP contribution < -0.4 is 10.9 Å². The molecule has 4 aromatic rings. The van der Waals surface area contributed by atoms with Gasteiger partial charge in [-0.25, -0.2) is 23.2 Å². The van der Waals surface area contributed by atoms with Gasteiger partial charge in [-0.1, -0.05) is 6.07 Å². The van der Waals surface area contributed by atoms with Crippen molar-refractivity contribution in [3.8, 4) is 16.8 Å². The van der Waals surface area contributed by atoms with Gasteiger partial charge in [0.2, 0.25) is 10.0 Å². The number of hydrogen-bond donors (Lipinski definition) is 2. The van der Waals surface area contributed by atoms with E-state index in [-0.39, 0.29) is 4.90 Å². The lowest BCUT2D eigenvalue weighted by Crippen LogP contribution is -2.12. The molecule has 0 saturated carbocycles. The number of nitrogens with two attached hydrogens (primary N) is 2. The summed E-state index contributed by atoms with van der Waals surface area (Å²) in [5.74, 6) is 0. The van der Waals surface area contributed by atoms with E-state index in [1.807, 2.05) is 6.07 Å². The molecule has 0 unspecified atom stereocenters. The SMILES string of the molecule is Nc1ccncc1-c1ccnc2c1cnn2-c1cccc(S(N)(=O)=O)c1. The highest BCUT2D eigenvalue weighted by Gasteiger charge is 2.15. The highest BCUT2D eigenvalue weighted by atomic mass is 32.2. The van der Waals surface area contributed by atoms with Crippen LogP contribution >= 0.6 is 0 Å². The number of anilines is 1. The third-order valence-corrected chi connectivity index (χ3v) is 4.92. The van der Waals surface area contributed by atoms with Crippen LogP contribution in [0.5, 0.6) is 0 Å². The summed E-state index contributed by atoms with van der Waals surface area (Å²) in [6.45, 7) is 0. The predicted molar refractivity (Wildman–Crippen MR) is 97.9 cm³/mol. The molecule has 0 fully saturated rings. The number of fused-ring (bicyclic) bond motifs is 1. The number of benzene rings is 1. The second kappa shape index (κ2) is 5.90. The maximum absolute atomic E-state index is 11.6. The van der Waals surface area contributed by atoms with Crippen molar-refractivity contribution in [1.29, 1.82) is 0 Å². The van der Waals surface area contributed by atoms with Gasteiger partial charge in [-0.05, 0) is 35.9 Å². The third kappa shape index (κ3) is 2.68. The van der Waals surface area contributed by atoms with Gasteiger partial charge < -0.3 is 5.73 Å². The molecule has 9 heteroatoms. The zero-order valence-electron chi connectivity index (χ0n) is 13.4. The molecule has 26 heavy (non-hydrogen) atoms. The van der Waals surface area contributed by atoms with Gasteiger partial charge in [-0.3, -0.25) is 4.98 Å². The molecule has 0 aliphatic carbocycles. The van der Waals surface area contributed by atoms with Crippen molar-refractivity contribution in [2.45, 2.75) is 4.90 Å². The lowest BCUT2D eigenvalue weighted by atomic mass is 10.0. The first-order valence-electron chi connectivity index (χ1n) is 7.61. The summed E-state index contributed by atoms with van der Waals surface area (Å²) in [7, 11) is -3.81. The van der Waals surface area contributed by atoms with Crippen LogP contribution in [0.15, 0.2) is 66.1 Å². The van der Waals surface area contributed by atoms with E-state index >= 15 is 0 Å². The highest BCUT2D eigenvalue weighted by molar-refractivity contribution is 7.89. The Hall–Kier alpha value is -3.30. The smallest absolute Gasteiger partial charge is 0.238 e. The van der Waals surface area contributed by atoms with Crippen LogP contribution in [-0.4, -0.2) is 28.2 Å². The van der Waals surface area contributed by atoms with E-state index in [1.165, 1.54) is 12.1 Å². The Labute approximate surface area is 149 Å². The summed E-state index contributed by atoms with van der Waals surface area (Å²) in [4.78, 5) is 8.51. The van der Waals surface area contributed by atoms with Crippen LogP contribution in [0, 0.1) is 0 Å². The van der Waals surface area contributed by atoms with Crippen molar-refractivity contribution in [1.82, 2.24) is 19.7 Å². The number of pyridine rings is 2. The molecule has 3 heterocycles. The molecule has 130 valence electrons. The maximum Gasteiger partial charge on any atom is 0.238 e. The summed E-state index contributed by atoms with van der Waals surface area (Å²) in [6, 6.07) is 9.78. The number of nitrogens with zero attached hydrogens (tertiary/aromatic N) is 4. The van der Waals surface area contributed by atoms with Gasteiger partial charge in [0.05, 0.1) is 16.8 Å². The second-order valence-electron chi connectivity index (χ2n) is 5.66. The first kappa shape index (κ1) is 16.2.